The van der Waals surface area contributed by atoms with Gasteiger partial charge in [0.2, 0.25) is 0 Å². The fraction of sp³-hybridized carbons (Fsp3) is 0.571. The fourth-order valence-electron chi connectivity index (χ4n) is 2.35. The molecule has 0 aliphatic carbocycles. The molecule has 2 N–H and O–H groups in total. The molecule has 1 heterocycles. The van der Waals surface area contributed by atoms with Crippen LogP contribution in [0.5, 0.6) is 0 Å². The van der Waals surface area contributed by atoms with Crippen LogP contribution in [0.25, 0.3) is 0 Å². The minimum Gasteiger partial charge on any atom is -0.369 e. The van der Waals surface area contributed by atoms with E-state index in [1.54, 1.807) is 0 Å². The second-order valence-corrected chi connectivity index (χ2v) is 5.55. The summed E-state index contributed by atoms with van der Waals surface area (Å²) in [6.07, 6.45) is 1.18. The topological polar surface area (TPSA) is 32.5 Å². The zero-order chi connectivity index (χ0) is 13.1. The predicted octanol–water partition coefficient (Wildman–Crippen LogP) is 2.50. The zero-order valence-electron chi connectivity index (χ0n) is 11.2. The third-order valence-corrected chi connectivity index (χ3v) is 3.86. The Balaban J connectivity index is 2.17. The second kappa shape index (κ2) is 5.91. The minimum absolute atomic E-state index is 0.0341. The summed E-state index contributed by atoms with van der Waals surface area (Å²) in [5.74, 6) is 0. The second-order valence-electron chi connectivity index (χ2n) is 5.14. The van der Waals surface area contributed by atoms with Gasteiger partial charge >= 0.3 is 0 Å². The van der Waals surface area contributed by atoms with Crippen molar-refractivity contribution >= 4 is 17.3 Å². The first-order valence-corrected chi connectivity index (χ1v) is 6.94. The Hall–Kier alpha value is -0.770. The molecular weight excluding hydrogens is 246 g/mol. The molecule has 0 amide bonds. The normalized spacial score (nSPS) is 19.7. The first kappa shape index (κ1) is 13.7. The first-order chi connectivity index (χ1) is 8.58. The lowest BCUT2D eigenvalue weighted by atomic mass is 10.1. The Labute approximate surface area is 115 Å². The molecular formula is C14H22ClN3. The molecule has 1 atom stereocenters. The molecule has 1 fully saturated rings. The molecule has 0 saturated carbocycles. The molecule has 18 heavy (non-hydrogen) atoms. The molecule has 0 bridgehead atoms. The molecule has 100 valence electrons. The van der Waals surface area contributed by atoms with Crippen LogP contribution < -0.4 is 10.6 Å². The highest BCUT2D eigenvalue weighted by Crippen LogP contribution is 2.29. The maximum absolute atomic E-state index is 6.39. The third kappa shape index (κ3) is 3.16. The van der Waals surface area contributed by atoms with Crippen LogP contribution in [0, 0.1) is 0 Å². The highest BCUT2D eigenvalue weighted by atomic mass is 35.5. The van der Waals surface area contributed by atoms with Gasteiger partial charge < -0.3 is 15.5 Å². The van der Waals surface area contributed by atoms with Crippen LogP contribution in [0.4, 0.5) is 5.69 Å². The molecule has 4 heteroatoms. The van der Waals surface area contributed by atoms with Gasteiger partial charge in [0.1, 0.15) is 0 Å². The SMILES string of the molecule is CC(N)c1ccc(N2CCCN(C)CC2)c(Cl)c1. The Kier molecular flexibility index (Phi) is 4.49. The van der Waals surface area contributed by atoms with E-state index in [9.17, 15) is 0 Å². The van der Waals surface area contributed by atoms with Crippen LogP contribution in [0.2, 0.25) is 5.02 Å². The Morgan fingerprint density at radius 2 is 2.00 bits per heavy atom. The zero-order valence-corrected chi connectivity index (χ0v) is 12.0. The van der Waals surface area contributed by atoms with Crippen molar-refractivity contribution in [2.24, 2.45) is 5.73 Å². The molecule has 1 aromatic rings. The summed E-state index contributed by atoms with van der Waals surface area (Å²) in [4.78, 5) is 4.74. The maximum Gasteiger partial charge on any atom is 0.0642 e. The van der Waals surface area contributed by atoms with Gasteiger partial charge in [-0.1, -0.05) is 17.7 Å². The Morgan fingerprint density at radius 1 is 1.22 bits per heavy atom. The van der Waals surface area contributed by atoms with Crippen molar-refractivity contribution in [2.75, 3.05) is 38.1 Å². The van der Waals surface area contributed by atoms with Gasteiger partial charge in [0, 0.05) is 25.7 Å². The van der Waals surface area contributed by atoms with E-state index in [1.165, 1.54) is 6.42 Å². The number of benzene rings is 1. The van der Waals surface area contributed by atoms with E-state index >= 15 is 0 Å². The highest BCUT2D eigenvalue weighted by Gasteiger charge is 2.15. The largest absolute Gasteiger partial charge is 0.369 e. The van der Waals surface area contributed by atoms with E-state index in [4.69, 9.17) is 17.3 Å². The molecule has 1 aromatic carbocycles. The van der Waals surface area contributed by atoms with Crippen molar-refractivity contribution in [3.8, 4) is 0 Å². The summed E-state index contributed by atoms with van der Waals surface area (Å²) in [6, 6.07) is 6.22. The number of nitrogens with zero attached hydrogens (tertiary/aromatic N) is 2. The van der Waals surface area contributed by atoms with Gasteiger partial charge in [0.15, 0.2) is 0 Å². The summed E-state index contributed by atoms with van der Waals surface area (Å²) in [7, 11) is 2.17. The van der Waals surface area contributed by atoms with Gasteiger partial charge in [-0.3, -0.25) is 0 Å². The number of hydrogen-bond donors (Lipinski definition) is 1. The number of hydrogen-bond acceptors (Lipinski definition) is 3. The van der Waals surface area contributed by atoms with Gasteiger partial charge in [0.05, 0.1) is 10.7 Å². The van der Waals surface area contributed by atoms with Crippen LogP contribution >= 0.6 is 11.6 Å². The van der Waals surface area contributed by atoms with Crippen LogP contribution in [-0.2, 0) is 0 Å². The Morgan fingerprint density at radius 3 is 2.67 bits per heavy atom. The highest BCUT2D eigenvalue weighted by molar-refractivity contribution is 6.33. The third-order valence-electron chi connectivity index (χ3n) is 3.56. The number of rotatable bonds is 2. The number of likely N-dealkylation sites (N-methyl/N-ethyl adjacent to an activating group) is 1. The van der Waals surface area contributed by atoms with Gasteiger partial charge in [-0.25, -0.2) is 0 Å². The summed E-state index contributed by atoms with van der Waals surface area (Å²) < 4.78 is 0. The van der Waals surface area contributed by atoms with E-state index < -0.39 is 0 Å². The standard InChI is InChI=1S/C14H22ClN3/c1-11(16)12-4-5-14(13(15)10-12)18-7-3-6-17(2)8-9-18/h4-5,10-11H,3,6-9,16H2,1-2H3. The van der Waals surface area contributed by atoms with E-state index in [0.717, 1.165) is 42.5 Å². The summed E-state index contributed by atoms with van der Waals surface area (Å²) in [5.41, 5.74) is 8.10. The first-order valence-electron chi connectivity index (χ1n) is 6.56. The van der Waals surface area contributed by atoms with Gasteiger partial charge in [-0.15, -0.1) is 0 Å². The lowest BCUT2D eigenvalue weighted by molar-refractivity contribution is 0.360. The van der Waals surface area contributed by atoms with Crippen molar-refractivity contribution in [3.05, 3.63) is 28.8 Å². The summed E-state index contributed by atoms with van der Waals surface area (Å²) in [6.45, 7) is 6.33. The van der Waals surface area contributed by atoms with E-state index in [0.29, 0.717) is 0 Å². The minimum atomic E-state index is 0.0341. The maximum atomic E-state index is 6.39. The summed E-state index contributed by atoms with van der Waals surface area (Å²) >= 11 is 6.39. The molecule has 0 spiro atoms. The van der Waals surface area contributed by atoms with Crippen LogP contribution in [0.1, 0.15) is 24.9 Å². The van der Waals surface area contributed by atoms with Crippen molar-refractivity contribution in [3.63, 3.8) is 0 Å². The summed E-state index contributed by atoms with van der Waals surface area (Å²) in [5, 5.41) is 0.814. The molecule has 3 nitrogen and oxygen atoms in total. The number of anilines is 1. The monoisotopic (exact) mass is 267 g/mol. The molecule has 0 radical (unpaired) electrons. The molecule has 2 rings (SSSR count). The van der Waals surface area contributed by atoms with Crippen molar-refractivity contribution < 1.29 is 0 Å². The molecule has 1 unspecified atom stereocenters. The van der Waals surface area contributed by atoms with Crippen molar-refractivity contribution in [2.45, 2.75) is 19.4 Å². The van der Waals surface area contributed by atoms with Crippen molar-refractivity contribution in [1.29, 1.82) is 0 Å². The van der Waals surface area contributed by atoms with Crippen molar-refractivity contribution in [1.82, 2.24) is 4.90 Å². The lowest BCUT2D eigenvalue weighted by Gasteiger charge is -2.24. The quantitative estimate of drug-likeness (QED) is 0.894. The molecule has 1 aliphatic heterocycles. The van der Waals surface area contributed by atoms with E-state index in [1.807, 2.05) is 13.0 Å². The van der Waals surface area contributed by atoms with Crippen LogP contribution in [-0.4, -0.2) is 38.1 Å². The number of nitrogens with two attached hydrogens (primary N) is 1. The molecule has 1 saturated heterocycles. The van der Waals surface area contributed by atoms with Crippen LogP contribution in [0.15, 0.2) is 18.2 Å². The van der Waals surface area contributed by atoms with Gasteiger partial charge in [-0.05, 0) is 44.6 Å². The lowest BCUT2D eigenvalue weighted by Crippen LogP contribution is -2.28. The molecule has 1 aliphatic rings. The average molecular weight is 268 g/mol. The Bertz CT molecular complexity index is 406. The van der Waals surface area contributed by atoms with E-state index in [2.05, 4.69) is 29.0 Å². The van der Waals surface area contributed by atoms with E-state index in [-0.39, 0.29) is 6.04 Å². The van der Waals surface area contributed by atoms with Gasteiger partial charge in [0.25, 0.3) is 0 Å². The molecule has 0 aromatic heterocycles. The van der Waals surface area contributed by atoms with Gasteiger partial charge in [-0.2, -0.15) is 0 Å². The van der Waals surface area contributed by atoms with Crippen LogP contribution in [0.3, 0.4) is 0 Å². The number of halogens is 1. The smallest absolute Gasteiger partial charge is 0.0642 e. The predicted molar refractivity (Wildman–Crippen MR) is 78.4 cm³/mol. The fourth-order valence-corrected chi connectivity index (χ4v) is 2.66. The average Bonchev–Trinajstić information content (AvgIpc) is 2.54.